The van der Waals surface area contributed by atoms with E-state index in [2.05, 4.69) is 6.92 Å². The van der Waals surface area contributed by atoms with Gasteiger partial charge in [0.1, 0.15) is 0 Å². The molecule has 2 N–H and O–H groups in total. The van der Waals surface area contributed by atoms with Gasteiger partial charge in [-0.05, 0) is 19.8 Å². The third-order valence-corrected chi connectivity index (χ3v) is 4.49. The van der Waals surface area contributed by atoms with Crippen LogP contribution in [0.5, 0.6) is 0 Å². The van der Waals surface area contributed by atoms with Gasteiger partial charge in [-0.15, -0.1) is 0 Å². The Hall–Kier alpha value is 0.0969. The summed E-state index contributed by atoms with van der Waals surface area (Å²) in [7, 11) is 2.02. The maximum absolute atomic E-state index is 5.78. The number of hydrogen-bond acceptors (Lipinski definition) is 3. The Morgan fingerprint density at radius 3 is 2.15 bits per heavy atom. The molecular weight excluding hydrogens is 182 g/mol. The number of nitrogens with two attached hydrogens (primary N) is 1. The Morgan fingerprint density at radius 1 is 1.31 bits per heavy atom. The predicted molar refractivity (Wildman–Crippen MR) is 58.1 cm³/mol. The Balaban J connectivity index is 4.03. The van der Waals surface area contributed by atoms with Crippen molar-refractivity contribution in [3.05, 3.63) is 0 Å². The summed E-state index contributed by atoms with van der Waals surface area (Å²) in [6.45, 7) is 4.23. The monoisotopic (exact) mass is 205 g/mol. The maximum atomic E-state index is 5.78. The van der Waals surface area contributed by atoms with Gasteiger partial charge in [-0.25, -0.2) is 0 Å². The predicted octanol–water partition coefficient (Wildman–Crippen LogP) is 1.41. The van der Waals surface area contributed by atoms with Crippen molar-refractivity contribution >= 4 is 9.28 Å². The van der Waals surface area contributed by atoms with Crippen LogP contribution < -0.4 is 5.73 Å². The van der Waals surface area contributed by atoms with Crippen LogP contribution >= 0.6 is 0 Å². The van der Waals surface area contributed by atoms with Crippen molar-refractivity contribution in [2.24, 2.45) is 5.73 Å². The maximum Gasteiger partial charge on any atom is 0.324 e. The molecule has 0 aliphatic heterocycles. The van der Waals surface area contributed by atoms with Gasteiger partial charge in [-0.1, -0.05) is 13.3 Å². The summed E-state index contributed by atoms with van der Waals surface area (Å²) < 4.78 is 10.8. The second-order valence-corrected chi connectivity index (χ2v) is 6.22. The first-order valence-electron chi connectivity index (χ1n) is 4.96. The topological polar surface area (TPSA) is 44.5 Å². The fourth-order valence-corrected chi connectivity index (χ4v) is 3.91. The lowest BCUT2D eigenvalue weighted by molar-refractivity contribution is 0.257. The zero-order chi connectivity index (χ0) is 10.3. The minimum Gasteiger partial charge on any atom is -0.400 e. The van der Waals surface area contributed by atoms with E-state index in [0.717, 1.165) is 6.42 Å². The van der Waals surface area contributed by atoms with E-state index in [0.29, 0.717) is 5.54 Å². The summed E-state index contributed by atoms with van der Waals surface area (Å²) >= 11 is 0. The summed E-state index contributed by atoms with van der Waals surface area (Å²) in [6.07, 6.45) is 3.36. The molecule has 0 saturated heterocycles. The largest absolute Gasteiger partial charge is 0.400 e. The first kappa shape index (κ1) is 13.1. The first-order valence-corrected chi connectivity index (χ1v) is 6.57. The standard InChI is InChI=1S/C9H23NO2Si/c1-5-6-9(7-8(2)10)13(11-3)12-4/h8-9,13H,5-7,10H2,1-4H3. The number of hydrogen-bond donors (Lipinski definition) is 1. The minimum absolute atomic E-state index is 0.247. The van der Waals surface area contributed by atoms with Crippen LogP contribution in [-0.4, -0.2) is 29.5 Å². The molecule has 3 nitrogen and oxygen atoms in total. The molecule has 0 fully saturated rings. The Morgan fingerprint density at radius 2 is 1.85 bits per heavy atom. The van der Waals surface area contributed by atoms with Gasteiger partial charge in [-0.2, -0.15) is 0 Å². The quantitative estimate of drug-likeness (QED) is 0.639. The van der Waals surface area contributed by atoms with Crippen LogP contribution in [0.1, 0.15) is 33.1 Å². The van der Waals surface area contributed by atoms with E-state index in [-0.39, 0.29) is 6.04 Å². The van der Waals surface area contributed by atoms with Gasteiger partial charge >= 0.3 is 9.28 Å². The lowest BCUT2D eigenvalue weighted by atomic mass is 10.1. The molecule has 2 unspecified atom stereocenters. The molecule has 4 heteroatoms. The van der Waals surface area contributed by atoms with Gasteiger partial charge < -0.3 is 14.6 Å². The molecule has 0 aromatic heterocycles. The SMILES string of the molecule is CCCC(CC(C)N)[SiH](OC)OC. The van der Waals surface area contributed by atoms with Gasteiger partial charge in [-0.3, -0.25) is 0 Å². The van der Waals surface area contributed by atoms with E-state index >= 15 is 0 Å². The molecule has 0 aliphatic rings. The third kappa shape index (κ3) is 5.41. The van der Waals surface area contributed by atoms with Gasteiger partial charge in [0.15, 0.2) is 0 Å². The molecule has 0 spiro atoms. The highest BCUT2D eigenvalue weighted by molar-refractivity contribution is 6.46. The van der Waals surface area contributed by atoms with E-state index in [1.165, 1.54) is 12.8 Å². The molecule has 2 atom stereocenters. The van der Waals surface area contributed by atoms with E-state index in [4.69, 9.17) is 14.6 Å². The van der Waals surface area contributed by atoms with Crippen LogP contribution in [0.2, 0.25) is 5.54 Å². The first-order chi connectivity index (χ1) is 6.15. The molecule has 0 rings (SSSR count). The van der Waals surface area contributed by atoms with Gasteiger partial charge in [0, 0.05) is 25.8 Å². The van der Waals surface area contributed by atoms with Crippen molar-refractivity contribution in [1.82, 2.24) is 0 Å². The van der Waals surface area contributed by atoms with Crippen molar-refractivity contribution in [2.45, 2.75) is 44.7 Å². The number of rotatable bonds is 7. The van der Waals surface area contributed by atoms with Crippen LogP contribution in [0.4, 0.5) is 0 Å². The van der Waals surface area contributed by atoms with Crippen LogP contribution in [0, 0.1) is 0 Å². The highest BCUT2D eigenvalue weighted by atomic mass is 28.3. The normalized spacial score (nSPS) is 16.2. The minimum atomic E-state index is -1.46. The molecule has 0 radical (unpaired) electrons. The van der Waals surface area contributed by atoms with Gasteiger partial charge in [0.05, 0.1) is 0 Å². The smallest absolute Gasteiger partial charge is 0.324 e. The molecular formula is C9H23NO2Si. The Kier molecular flexibility index (Phi) is 7.55. The zero-order valence-corrected chi connectivity index (χ0v) is 10.4. The molecule has 0 bridgehead atoms. The van der Waals surface area contributed by atoms with E-state index in [9.17, 15) is 0 Å². The lowest BCUT2D eigenvalue weighted by Gasteiger charge is -2.23. The molecule has 0 aromatic rings. The second-order valence-electron chi connectivity index (χ2n) is 3.60. The molecule has 0 heterocycles. The van der Waals surface area contributed by atoms with Crippen LogP contribution in [0.3, 0.4) is 0 Å². The highest BCUT2D eigenvalue weighted by Crippen LogP contribution is 2.23. The lowest BCUT2D eigenvalue weighted by Crippen LogP contribution is -2.30. The summed E-state index contributed by atoms with van der Waals surface area (Å²) in [4.78, 5) is 0. The van der Waals surface area contributed by atoms with Crippen LogP contribution in [-0.2, 0) is 8.85 Å². The van der Waals surface area contributed by atoms with Gasteiger partial charge in [0.25, 0.3) is 0 Å². The van der Waals surface area contributed by atoms with Crippen LogP contribution in [0.25, 0.3) is 0 Å². The average Bonchev–Trinajstić information content (AvgIpc) is 2.05. The van der Waals surface area contributed by atoms with Crippen molar-refractivity contribution in [3.8, 4) is 0 Å². The summed E-state index contributed by atoms with van der Waals surface area (Å²) in [6, 6.07) is 0.247. The fourth-order valence-electron chi connectivity index (χ4n) is 1.69. The second kappa shape index (κ2) is 7.50. The zero-order valence-electron chi connectivity index (χ0n) is 9.25. The van der Waals surface area contributed by atoms with Gasteiger partial charge in [0.2, 0.25) is 0 Å². The Bertz CT molecular complexity index is 118. The van der Waals surface area contributed by atoms with E-state index in [1.54, 1.807) is 14.2 Å². The molecule has 80 valence electrons. The third-order valence-electron chi connectivity index (χ3n) is 2.18. The molecule has 0 amide bonds. The van der Waals surface area contributed by atoms with E-state index < -0.39 is 9.28 Å². The summed E-state index contributed by atoms with van der Waals surface area (Å²) in [5.41, 5.74) is 6.34. The molecule has 0 saturated carbocycles. The fraction of sp³-hybridized carbons (Fsp3) is 1.00. The van der Waals surface area contributed by atoms with Crippen molar-refractivity contribution < 1.29 is 8.85 Å². The van der Waals surface area contributed by atoms with Crippen LogP contribution in [0.15, 0.2) is 0 Å². The Labute approximate surface area is 83.5 Å². The van der Waals surface area contributed by atoms with Crippen molar-refractivity contribution in [1.29, 1.82) is 0 Å². The van der Waals surface area contributed by atoms with E-state index in [1.807, 2.05) is 6.92 Å². The highest BCUT2D eigenvalue weighted by Gasteiger charge is 2.24. The average molecular weight is 205 g/mol. The van der Waals surface area contributed by atoms with Crippen molar-refractivity contribution in [3.63, 3.8) is 0 Å². The van der Waals surface area contributed by atoms with Crippen molar-refractivity contribution in [2.75, 3.05) is 14.2 Å². The summed E-state index contributed by atoms with van der Waals surface area (Å²) in [5, 5.41) is 0. The molecule has 0 aromatic carbocycles. The molecule has 13 heavy (non-hydrogen) atoms. The molecule has 0 aliphatic carbocycles. The summed E-state index contributed by atoms with van der Waals surface area (Å²) in [5.74, 6) is 0.